The Hall–Kier alpha value is -0.910. The Morgan fingerprint density at radius 1 is 1.04 bits per heavy atom. The fourth-order valence-electron chi connectivity index (χ4n) is 3.93. The van der Waals surface area contributed by atoms with Crippen LogP contribution in [0.2, 0.25) is 0 Å². The van der Waals surface area contributed by atoms with Crippen molar-refractivity contribution in [3.8, 4) is 0 Å². The van der Waals surface area contributed by atoms with Crippen LogP contribution in [0.5, 0.6) is 0 Å². The van der Waals surface area contributed by atoms with Crippen molar-refractivity contribution in [3.63, 3.8) is 0 Å². The van der Waals surface area contributed by atoms with Crippen LogP contribution in [-0.2, 0) is 16.4 Å². The Labute approximate surface area is 140 Å². The first-order valence-corrected chi connectivity index (χ1v) is 10.6. The third kappa shape index (κ3) is 4.78. The van der Waals surface area contributed by atoms with Gasteiger partial charge in [-0.2, -0.15) is 0 Å². The highest BCUT2D eigenvalue weighted by Gasteiger charge is 2.33. The summed E-state index contributed by atoms with van der Waals surface area (Å²) in [6.45, 7) is 1.85. The summed E-state index contributed by atoms with van der Waals surface area (Å²) in [5, 5.41) is 0. The minimum Gasteiger partial charge on any atom is -0.328 e. The third-order valence-electron chi connectivity index (χ3n) is 5.34. The number of nitrogens with zero attached hydrogens (tertiary/aromatic N) is 1. The van der Waals surface area contributed by atoms with Crippen LogP contribution in [0.1, 0.15) is 37.7 Å². The summed E-state index contributed by atoms with van der Waals surface area (Å²) in [5.41, 5.74) is 7.28. The first-order chi connectivity index (χ1) is 11.0. The highest BCUT2D eigenvalue weighted by atomic mass is 32.2. The molecule has 4 nitrogen and oxygen atoms in total. The van der Waals surface area contributed by atoms with Gasteiger partial charge in [0, 0.05) is 25.2 Å². The van der Waals surface area contributed by atoms with Gasteiger partial charge in [0.15, 0.2) is 9.84 Å². The van der Waals surface area contributed by atoms with Gasteiger partial charge in [0.2, 0.25) is 0 Å². The topological polar surface area (TPSA) is 63.4 Å². The van der Waals surface area contributed by atoms with Crippen LogP contribution in [0.3, 0.4) is 0 Å². The van der Waals surface area contributed by atoms with Crippen LogP contribution >= 0.6 is 0 Å². The molecule has 1 aliphatic heterocycles. The Kier molecular flexibility index (Phi) is 5.39. The van der Waals surface area contributed by atoms with Crippen LogP contribution in [0.4, 0.5) is 0 Å². The predicted molar refractivity (Wildman–Crippen MR) is 93.8 cm³/mol. The number of benzene rings is 1. The van der Waals surface area contributed by atoms with E-state index in [0.717, 1.165) is 32.4 Å². The van der Waals surface area contributed by atoms with Gasteiger partial charge in [0.25, 0.3) is 0 Å². The molecular formula is C18H28N2O2S. The van der Waals surface area contributed by atoms with E-state index in [1.165, 1.54) is 18.4 Å². The molecule has 128 valence electrons. The summed E-state index contributed by atoms with van der Waals surface area (Å²) in [6, 6.07) is 10.9. The molecule has 1 heterocycles. The van der Waals surface area contributed by atoms with E-state index >= 15 is 0 Å². The average molecular weight is 337 g/mol. The highest BCUT2D eigenvalue weighted by Crippen LogP contribution is 2.27. The van der Waals surface area contributed by atoms with Crippen molar-refractivity contribution in [3.05, 3.63) is 35.9 Å². The second kappa shape index (κ2) is 7.32. The summed E-state index contributed by atoms with van der Waals surface area (Å²) >= 11 is 0. The molecule has 0 aromatic heterocycles. The molecular weight excluding hydrogens is 308 g/mol. The molecule has 0 bridgehead atoms. The van der Waals surface area contributed by atoms with Gasteiger partial charge >= 0.3 is 0 Å². The van der Waals surface area contributed by atoms with Crippen LogP contribution in [0.15, 0.2) is 30.3 Å². The van der Waals surface area contributed by atoms with E-state index in [2.05, 4.69) is 29.2 Å². The second-order valence-corrected chi connectivity index (χ2v) is 9.48. The minimum absolute atomic E-state index is 0.177. The number of nitrogens with two attached hydrogens (primary N) is 1. The van der Waals surface area contributed by atoms with Crippen molar-refractivity contribution in [1.82, 2.24) is 4.90 Å². The van der Waals surface area contributed by atoms with E-state index in [-0.39, 0.29) is 6.04 Å². The van der Waals surface area contributed by atoms with Crippen molar-refractivity contribution in [2.24, 2.45) is 11.7 Å². The van der Waals surface area contributed by atoms with Crippen molar-refractivity contribution in [1.29, 1.82) is 0 Å². The minimum atomic E-state index is -2.84. The van der Waals surface area contributed by atoms with Crippen molar-refractivity contribution in [2.45, 2.75) is 50.7 Å². The molecule has 0 spiro atoms. The normalized spacial score (nSPS) is 30.6. The van der Waals surface area contributed by atoms with E-state index in [9.17, 15) is 8.42 Å². The van der Waals surface area contributed by atoms with Crippen molar-refractivity contribution < 1.29 is 8.42 Å². The molecule has 23 heavy (non-hydrogen) atoms. The zero-order chi connectivity index (χ0) is 16.3. The number of hydrogen-bond acceptors (Lipinski definition) is 4. The molecule has 1 saturated carbocycles. The van der Waals surface area contributed by atoms with Gasteiger partial charge in [-0.1, -0.05) is 30.3 Å². The molecule has 2 fully saturated rings. The van der Waals surface area contributed by atoms with E-state index in [4.69, 9.17) is 5.73 Å². The SMILES string of the molecule is NC1CCC(CN(Cc2ccccc2)C2CCS(=O)(=O)C2)CC1. The number of hydrogen-bond donors (Lipinski definition) is 1. The maximum absolute atomic E-state index is 11.9. The molecule has 2 aliphatic rings. The summed E-state index contributed by atoms with van der Waals surface area (Å²) < 4.78 is 23.8. The average Bonchev–Trinajstić information content (AvgIpc) is 2.90. The molecule has 1 aromatic carbocycles. The molecule has 1 aliphatic carbocycles. The zero-order valence-corrected chi connectivity index (χ0v) is 14.5. The van der Waals surface area contributed by atoms with E-state index in [1.54, 1.807) is 0 Å². The van der Waals surface area contributed by atoms with E-state index < -0.39 is 9.84 Å². The van der Waals surface area contributed by atoms with Crippen LogP contribution in [0.25, 0.3) is 0 Å². The summed E-state index contributed by atoms with van der Waals surface area (Å²) in [5.74, 6) is 1.33. The van der Waals surface area contributed by atoms with Gasteiger partial charge in [0.05, 0.1) is 11.5 Å². The summed E-state index contributed by atoms with van der Waals surface area (Å²) in [6.07, 6.45) is 5.33. The number of rotatable bonds is 5. The Morgan fingerprint density at radius 2 is 1.74 bits per heavy atom. The Bertz CT molecular complexity index is 595. The summed E-state index contributed by atoms with van der Waals surface area (Å²) in [4.78, 5) is 2.42. The quantitative estimate of drug-likeness (QED) is 0.895. The smallest absolute Gasteiger partial charge is 0.151 e. The first kappa shape index (κ1) is 16.9. The zero-order valence-electron chi connectivity index (χ0n) is 13.7. The monoisotopic (exact) mass is 336 g/mol. The van der Waals surface area contributed by atoms with Crippen LogP contribution in [0, 0.1) is 5.92 Å². The van der Waals surface area contributed by atoms with Gasteiger partial charge < -0.3 is 5.73 Å². The van der Waals surface area contributed by atoms with Gasteiger partial charge in [-0.15, -0.1) is 0 Å². The maximum Gasteiger partial charge on any atom is 0.151 e. The highest BCUT2D eigenvalue weighted by molar-refractivity contribution is 7.91. The standard InChI is InChI=1S/C18H28N2O2S/c19-17-8-6-16(7-9-17)13-20(12-15-4-2-1-3-5-15)18-10-11-23(21,22)14-18/h1-5,16-18H,6-14,19H2. The molecule has 1 aromatic rings. The van der Waals surface area contributed by atoms with Gasteiger partial charge in [-0.05, 0) is 43.6 Å². The van der Waals surface area contributed by atoms with E-state index in [1.807, 2.05) is 6.07 Å². The molecule has 5 heteroatoms. The van der Waals surface area contributed by atoms with Crippen molar-refractivity contribution >= 4 is 9.84 Å². The van der Waals surface area contributed by atoms with Gasteiger partial charge in [-0.25, -0.2) is 8.42 Å². The van der Waals surface area contributed by atoms with Crippen LogP contribution in [-0.4, -0.2) is 43.5 Å². The lowest BCUT2D eigenvalue weighted by molar-refractivity contribution is 0.148. The van der Waals surface area contributed by atoms with Gasteiger partial charge in [-0.3, -0.25) is 4.90 Å². The molecule has 1 saturated heterocycles. The fraction of sp³-hybridized carbons (Fsp3) is 0.667. The Morgan fingerprint density at radius 3 is 2.35 bits per heavy atom. The summed E-state index contributed by atoms with van der Waals surface area (Å²) in [7, 11) is -2.84. The van der Waals surface area contributed by atoms with Crippen LogP contribution < -0.4 is 5.73 Å². The lowest BCUT2D eigenvalue weighted by Gasteiger charge is -2.34. The molecule has 1 atom stereocenters. The first-order valence-electron chi connectivity index (χ1n) is 8.76. The largest absolute Gasteiger partial charge is 0.328 e. The lowest BCUT2D eigenvalue weighted by Crippen LogP contribution is -2.40. The molecule has 0 amide bonds. The van der Waals surface area contributed by atoms with E-state index in [0.29, 0.717) is 23.5 Å². The molecule has 1 unspecified atom stereocenters. The maximum atomic E-state index is 11.9. The second-order valence-electron chi connectivity index (χ2n) is 7.25. The predicted octanol–water partition coefficient (Wildman–Crippen LogP) is 2.19. The van der Waals surface area contributed by atoms with Gasteiger partial charge in [0.1, 0.15) is 0 Å². The molecule has 0 radical (unpaired) electrons. The third-order valence-corrected chi connectivity index (χ3v) is 7.09. The molecule has 3 rings (SSSR count). The van der Waals surface area contributed by atoms with Crippen molar-refractivity contribution in [2.75, 3.05) is 18.1 Å². The lowest BCUT2D eigenvalue weighted by atomic mass is 9.86. The fourth-order valence-corrected chi connectivity index (χ4v) is 5.69. The Balaban J connectivity index is 1.68. The number of sulfone groups is 1. The molecule has 2 N–H and O–H groups in total.